The summed E-state index contributed by atoms with van der Waals surface area (Å²) < 4.78 is 5.36. The van der Waals surface area contributed by atoms with Crippen LogP contribution in [0.25, 0.3) is 19.9 Å². The Kier molecular flexibility index (Phi) is 7.70. The van der Waals surface area contributed by atoms with E-state index >= 15 is 0 Å². The predicted octanol–water partition coefficient (Wildman–Crippen LogP) is 4.62. The number of rotatable bonds is 9. The van der Waals surface area contributed by atoms with E-state index in [4.69, 9.17) is 4.98 Å². The molecular formula is C24H34N3Se+. The maximum absolute atomic E-state index is 4.97. The van der Waals surface area contributed by atoms with E-state index in [2.05, 4.69) is 73.6 Å². The first-order valence-electron chi connectivity index (χ1n) is 10.9. The Morgan fingerprint density at radius 2 is 1.57 bits per heavy atom. The molecule has 3 rings (SSSR count). The van der Waals surface area contributed by atoms with E-state index in [9.17, 15) is 0 Å². The molecule has 28 heavy (non-hydrogen) atoms. The third kappa shape index (κ3) is 4.85. The third-order valence-electron chi connectivity index (χ3n) is 5.05. The van der Waals surface area contributed by atoms with E-state index < -0.39 is 0 Å². The second kappa shape index (κ2) is 10.2. The number of anilines is 1. The summed E-state index contributed by atoms with van der Waals surface area (Å²) in [6.07, 6.45) is 4.74. The predicted molar refractivity (Wildman–Crippen MR) is 124 cm³/mol. The molecule has 150 valence electrons. The van der Waals surface area contributed by atoms with E-state index in [1.165, 1.54) is 45.4 Å². The van der Waals surface area contributed by atoms with Crippen LogP contribution in [-0.2, 0) is 0 Å². The fourth-order valence-electron chi connectivity index (χ4n) is 3.82. The molecule has 1 aliphatic heterocycles. The van der Waals surface area contributed by atoms with Crippen LogP contribution in [0, 0.1) is 0 Å². The number of benzene rings is 2. The molecule has 0 fully saturated rings. The van der Waals surface area contributed by atoms with E-state index in [1.807, 2.05) is 0 Å². The van der Waals surface area contributed by atoms with Crippen molar-refractivity contribution in [3.8, 4) is 10.1 Å². The molecule has 1 aliphatic carbocycles. The second-order valence-electron chi connectivity index (χ2n) is 7.49. The van der Waals surface area contributed by atoms with E-state index in [0.29, 0.717) is 14.5 Å². The molecule has 0 radical (unpaired) electrons. The van der Waals surface area contributed by atoms with Crippen molar-refractivity contribution in [2.24, 2.45) is 0 Å². The number of nitrogens with zero attached hydrogens (tertiary/aromatic N) is 3. The first-order chi connectivity index (χ1) is 13.7. The standard InChI is InChI=1S/C24H34N3Se/c1-5-13-26(14-6-2)19-9-11-21-23(17-19)28-24-18-20(10-12-22(24)25-21)27(15-7-3)16-8-4/h9-12,17-18H,5-8,13-16H2,1-4H3/q+1. The number of fused-ring (bicyclic) bond motifs is 2. The SMILES string of the molecule is CCCN(CCC)c1ccc2nc3ccc(=[N+](CCC)CCC)cc-3[se]c2c1. The molecule has 0 saturated heterocycles. The van der Waals surface area contributed by atoms with Crippen LogP contribution in [0.3, 0.4) is 0 Å². The van der Waals surface area contributed by atoms with Gasteiger partial charge in [0.15, 0.2) is 0 Å². The summed E-state index contributed by atoms with van der Waals surface area (Å²) in [5.74, 6) is 0. The van der Waals surface area contributed by atoms with Crippen molar-refractivity contribution in [2.45, 2.75) is 53.4 Å². The summed E-state index contributed by atoms with van der Waals surface area (Å²) in [6.45, 7) is 13.5. The molecule has 2 aliphatic rings. The average molecular weight is 444 g/mol. The minimum absolute atomic E-state index is 0.312. The second-order valence-corrected chi connectivity index (χ2v) is 9.77. The molecule has 0 aromatic heterocycles. The Bertz CT molecular complexity index is 930. The maximum atomic E-state index is 4.97. The van der Waals surface area contributed by atoms with E-state index in [-0.39, 0.29) is 0 Å². The van der Waals surface area contributed by atoms with E-state index in [1.54, 1.807) is 0 Å². The van der Waals surface area contributed by atoms with Crippen LogP contribution in [0.5, 0.6) is 0 Å². The molecule has 0 saturated carbocycles. The first kappa shape index (κ1) is 21.1. The van der Waals surface area contributed by atoms with Crippen molar-refractivity contribution in [1.82, 2.24) is 9.56 Å². The summed E-state index contributed by atoms with van der Waals surface area (Å²) in [5, 5.41) is 1.36. The van der Waals surface area contributed by atoms with Gasteiger partial charge in [-0.15, -0.1) is 0 Å². The Balaban J connectivity index is 2.10. The summed E-state index contributed by atoms with van der Waals surface area (Å²) in [6, 6.07) is 13.8. The van der Waals surface area contributed by atoms with Gasteiger partial charge in [-0.05, 0) is 0 Å². The zero-order chi connectivity index (χ0) is 19.9. The molecule has 0 amide bonds. The van der Waals surface area contributed by atoms with Crippen molar-refractivity contribution in [2.75, 3.05) is 31.1 Å². The Hall–Kier alpha value is -1.64. The minimum atomic E-state index is 0.312. The van der Waals surface area contributed by atoms with Gasteiger partial charge in [-0.1, -0.05) is 0 Å². The summed E-state index contributed by atoms with van der Waals surface area (Å²) in [4.78, 5) is 7.49. The first-order valence-corrected chi connectivity index (χ1v) is 12.6. The van der Waals surface area contributed by atoms with Gasteiger partial charge >= 0.3 is 176 Å². The van der Waals surface area contributed by atoms with Gasteiger partial charge in [-0.25, -0.2) is 0 Å². The fourth-order valence-corrected chi connectivity index (χ4v) is 5.98. The van der Waals surface area contributed by atoms with Gasteiger partial charge < -0.3 is 0 Å². The van der Waals surface area contributed by atoms with Crippen molar-refractivity contribution in [3.63, 3.8) is 0 Å². The molecule has 1 aromatic rings. The molecule has 3 nitrogen and oxygen atoms in total. The van der Waals surface area contributed by atoms with Crippen molar-refractivity contribution < 1.29 is 0 Å². The van der Waals surface area contributed by atoms with Gasteiger partial charge in [0.25, 0.3) is 0 Å². The van der Waals surface area contributed by atoms with Gasteiger partial charge in [0.05, 0.1) is 0 Å². The molecule has 1 heterocycles. The van der Waals surface area contributed by atoms with Crippen LogP contribution in [0.4, 0.5) is 5.69 Å². The Morgan fingerprint density at radius 1 is 0.857 bits per heavy atom. The summed E-state index contributed by atoms with van der Waals surface area (Å²) in [5.41, 5.74) is 3.68. The molecule has 0 bridgehead atoms. The molecule has 0 spiro atoms. The van der Waals surface area contributed by atoms with Gasteiger partial charge in [0.1, 0.15) is 0 Å². The quantitative estimate of drug-likeness (QED) is 0.273. The van der Waals surface area contributed by atoms with Gasteiger partial charge in [0.2, 0.25) is 0 Å². The Labute approximate surface area is 175 Å². The van der Waals surface area contributed by atoms with Crippen LogP contribution in [-0.4, -0.2) is 45.7 Å². The van der Waals surface area contributed by atoms with Crippen LogP contribution in [0.2, 0.25) is 0 Å². The molecule has 0 atom stereocenters. The monoisotopic (exact) mass is 444 g/mol. The zero-order valence-corrected chi connectivity index (χ0v) is 19.6. The van der Waals surface area contributed by atoms with E-state index in [0.717, 1.165) is 37.4 Å². The molecule has 4 heteroatoms. The van der Waals surface area contributed by atoms with Gasteiger partial charge in [-0.2, -0.15) is 0 Å². The fraction of sp³-hybridized carbons (Fsp3) is 0.500. The molecular weight excluding hydrogens is 409 g/mol. The summed E-state index contributed by atoms with van der Waals surface area (Å²) in [7, 11) is 0. The van der Waals surface area contributed by atoms with Crippen LogP contribution in [0.1, 0.15) is 53.4 Å². The number of aromatic nitrogens is 1. The molecule has 1 aromatic carbocycles. The van der Waals surface area contributed by atoms with Crippen LogP contribution >= 0.6 is 0 Å². The normalized spacial score (nSPS) is 11.3. The molecule has 0 unspecified atom stereocenters. The van der Waals surface area contributed by atoms with Crippen LogP contribution in [0.15, 0.2) is 36.4 Å². The zero-order valence-electron chi connectivity index (χ0n) is 17.9. The molecule has 0 N–H and O–H groups in total. The number of hydrogen-bond acceptors (Lipinski definition) is 2. The third-order valence-corrected chi connectivity index (χ3v) is 7.35. The van der Waals surface area contributed by atoms with Gasteiger partial charge in [0, 0.05) is 0 Å². The van der Waals surface area contributed by atoms with Crippen LogP contribution < -0.4 is 14.8 Å². The topological polar surface area (TPSA) is 19.1 Å². The average Bonchev–Trinajstić information content (AvgIpc) is 2.71. The van der Waals surface area contributed by atoms with Crippen molar-refractivity contribution in [1.29, 1.82) is 0 Å². The summed E-state index contributed by atoms with van der Waals surface area (Å²) >= 11 is 0.312. The Morgan fingerprint density at radius 3 is 2.21 bits per heavy atom. The number of hydrogen-bond donors (Lipinski definition) is 0. The van der Waals surface area contributed by atoms with Crippen molar-refractivity contribution >= 4 is 30.0 Å². The van der Waals surface area contributed by atoms with Crippen molar-refractivity contribution in [3.05, 3.63) is 41.8 Å². The van der Waals surface area contributed by atoms with Gasteiger partial charge in [-0.3, -0.25) is 0 Å².